The van der Waals surface area contributed by atoms with Crippen molar-refractivity contribution in [1.29, 1.82) is 0 Å². The summed E-state index contributed by atoms with van der Waals surface area (Å²) >= 11 is 0. The maximum atomic E-state index is 14.4. The van der Waals surface area contributed by atoms with Crippen LogP contribution in [-0.2, 0) is 38.1 Å². The van der Waals surface area contributed by atoms with E-state index in [2.05, 4.69) is 42.5 Å². The highest BCUT2D eigenvalue weighted by Crippen LogP contribution is 2.46. The fraction of sp³-hybridized carbons (Fsp3) is 0.343. The summed E-state index contributed by atoms with van der Waals surface area (Å²) in [7, 11) is 0. The van der Waals surface area contributed by atoms with Gasteiger partial charge >= 0.3 is 24.4 Å². The van der Waals surface area contributed by atoms with Gasteiger partial charge in [-0.25, -0.2) is 19.2 Å². The topological polar surface area (TPSA) is 304 Å². The Labute approximate surface area is 533 Å². The van der Waals surface area contributed by atoms with Crippen LogP contribution in [0.2, 0.25) is 0 Å². The van der Waals surface area contributed by atoms with Crippen LogP contribution in [0, 0.1) is 0 Å². The number of ketones is 2. The third-order valence-corrected chi connectivity index (χ3v) is 15.6. The molecule has 0 unspecified atom stereocenters. The monoisotopic (exact) mass is 1250 g/mol. The van der Waals surface area contributed by atoms with Gasteiger partial charge in [0.2, 0.25) is 23.6 Å². The molecule has 6 aromatic carbocycles. The lowest BCUT2D eigenvalue weighted by Gasteiger charge is -2.24. The van der Waals surface area contributed by atoms with E-state index in [1.165, 1.54) is 24.3 Å². The maximum absolute atomic E-state index is 14.4. The summed E-state index contributed by atoms with van der Waals surface area (Å²) in [4.78, 5) is 136. The van der Waals surface area contributed by atoms with Crippen LogP contribution in [0.1, 0.15) is 146 Å². The summed E-state index contributed by atoms with van der Waals surface area (Å²) in [5, 5.41) is 21.0. The van der Waals surface area contributed by atoms with Crippen molar-refractivity contribution in [2.75, 3.05) is 50.0 Å². The number of benzene rings is 6. The molecule has 0 spiro atoms. The lowest BCUT2D eigenvalue weighted by atomic mass is 9.82. The smallest absolute Gasteiger partial charge is 0.407 e. The van der Waals surface area contributed by atoms with Gasteiger partial charge in [0.1, 0.15) is 36.5 Å². The quantitative estimate of drug-likeness (QED) is 0.0206. The van der Waals surface area contributed by atoms with Crippen molar-refractivity contribution >= 4 is 70.9 Å². The molecule has 0 radical (unpaired) electrons. The Kier molecular flexibility index (Phi) is 21.2. The van der Waals surface area contributed by atoms with Crippen molar-refractivity contribution in [3.8, 4) is 22.3 Å². The van der Waals surface area contributed by atoms with Crippen molar-refractivity contribution in [2.24, 2.45) is 0 Å². The van der Waals surface area contributed by atoms with Crippen molar-refractivity contribution in [2.45, 2.75) is 115 Å². The van der Waals surface area contributed by atoms with Crippen LogP contribution in [-0.4, -0.2) is 122 Å². The largest absolute Gasteiger partial charge is 0.449 e. The highest BCUT2D eigenvalue weighted by molar-refractivity contribution is 6.32. The minimum Gasteiger partial charge on any atom is -0.449 e. The second kappa shape index (κ2) is 29.5. The predicted molar refractivity (Wildman–Crippen MR) is 343 cm³/mol. The summed E-state index contributed by atoms with van der Waals surface area (Å²) in [6, 6.07) is 37.6. The summed E-state index contributed by atoms with van der Waals surface area (Å²) in [5.41, 5.74) is 5.97. The predicted octanol–water partition coefficient (Wildman–Crippen LogP) is 9.78. The number of nitrogens with one attached hydrogen (secondary N) is 8. The lowest BCUT2D eigenvalue weighted by molar-refractivity contribution is -0.126. The van der Waals surface area contributed by atoms with E-state index < -0.39 is 95.9 Å². The molecule has 2 atom stereocenters. The van der Waals surface area contributed by atoms with Crippen LogP contribution in [0.4, 0.5) is 30.6 Å². The zero-order chi connectivity index (χ0) is 65.7. The molecule has 0 fully saturated rings. The second-order valence-corrected chi connectivity index (χ2v) is 24.5. The van der Waals surface area contributed by atoms with E-state index in [4.69, 9.17) is 18.9 Å². The Morgan fingerprint density at radius 2 is 0.717 bits per heavy atom. The first-order valence-electron chi connectivity index (χ1n) is 30.7. The van der Waals surface area contributed by atoms with Gasteiger partial charge in [-0.3, -0.25) is 28.8 Å². The Morgan fingerprint density at radius 1 is 0.402 bits per heavy atom. The number of carbonyl (C=O) groups excluding carboxylic acids is 10. The molecule has 92 heavy (non-hydrogen) atoms. The molecule has 0 saturated heterocycles. The Hall–Kier alpha value is -10.4. The maximum Gasteiger partial charge on any atom is 0.407 e. The molecule has 22 nitrogen and oxygen atoms in total. The van der Waals surface area contributed by atoms with Crippen LogP contribution in [0.15, 0.2) is 133 Å². The normalized spacial score (nSPS) is 13.4. The number of hydrogen-bond acceptors (Lipinski definition) is 14. The number of carbonyl (C=O) groups is 10. The molecule has 0 aliphatic heterocycles. The SMILES string of the molecule is CC(C)(C)OC(=O)NCCCC[C@@H](NC(=O)OCC1c2ccccc2-c2ccccc21)C(=O)NCC(=O)Nc1ccc(NC(=O)CNC(=O)[C@@H](CCCCNC(=O)OC(C)(C)C)NC(=O)OCC2c3ccccc3-c3ccccc32)c2c1C(=O)c1ccccc1C2=O. The number of anilines is 2. The van der Waals surface area contributed by atoms with Gasteiger partial charge in [-0.15, -0.1) is 0 Å². The average Bonchev–Trinajstić information content (AvgIpc) is 0.826. The fourth-order valence-corrected chi connectivity index (χ4v) is 11.5. The average molecular weight is 1250 g/mol. The van der Waals surface area contributed by atoms with Crippen molar-refractivity contribution < 1.29 is 66.9 Å². The van der Waals surface area contributed by atoms with Gasteiger partial charge in [0.25, 0.3) is 0 Å². The van der Waals surface area contributed by atoms with Gasteiger partial charge in [-0.2, -0.15) is 0 Å². The summed E-state index contributed by atoms with van der Waals surface area (Å²) in [6.45, 7) is 9.45. The standard InChI is InChI=1S/C70H76N8O14/c1-69(2,3)91-65(85)71-35-19-17-31-55(77-67(87)89-39-51-45-25-11-7-21-41(45)42-22-8-12-26-46(42)51)63(83)73-37-57(79)75-53-33-34-54(60-59(53)61(81)49-29-15-16-30-50(49)62(60)82)76-58(80)38-74-64(84)56(32-18-20-36-72-66(86)92-70(4,5)6)78-68(88)90-40-52-47-27-13-9-23-43(47)44-24-10-14-28-48(44)52/h7-16,21-30,33-34,51-52,55-56H,17-20,31-32,35-40H2,1-6H3,(H,71,85)(H,72,86)(H,73,83)(H,74,84)(H,75,79)(H,76,80)(H,77,87)(H,78,88)/t55-,56-/m1/s1. The van der Waals surface area contributed by atoms with Crippen molar-refractivity contribution in [3.05, 3.63) is 178 Å². The number of amides is 8. The van der Waals surface area contributed by atoms with Crippen molar-refractivity contribution in [3.63, 3.8) is 0 Å². The molecule has 22 heteroatoms. The second-order valence-electron chi connectivity index (χ2n) is 24.5. The fourth-order valence-electron chi connectivity index (χ4n) is 11.5. The molecule has 0 saturated carbocycles. The van der Waals surface area contributed by atoms with Crippen molar-refractivity contribution in [1.82, 2.24) is 31.9 Å². The van der Waals surface area contributed by atoms with Crippen LogP contribution >= 0.6 is 0 Å². The van der Waals surface area contributed by atoms with E-state index in [1.54, 1.807) is 53.7 Å². The summed E-state index contributed by atoms with van der Waals surface area (Å²) in [6.07, 6.45) is -1.38. The minimum absolute atomic E-state index is 0.0303. The Bertz CT molecular complexity index is 3480. The van der Waals surface area contributed by atoms with Gasteiger partial charge in [0, 0.05) is 36.1 Å². The lowest BCUT2D eigenvalue weighted by Crippen LogP contribution is -2.48. The molecule has 0 aromatic heterocycles. The number of rotatable bonds is 24. The number of hydrogen-bond donors (Lipinski definition) is 8. The van der Waals surface area contributed by atoms with Gasteiger partial charge < -0.3 is 61.5 Å². The van der Waals surface area contributed by atoms with Crippen LogP contribution in [0.25, 0.3) is 22.3 Å². The van der Waals surface area contributed by atoms with Crippen LogP contribution in [0.5, 0.6) is 0 Å². The van der Waals surface area contributed by atoms with Gasteiger partial charge in [0.15, 0.2) is 11.6 Å². The first kappa shape index (κ1) is 66.0. The minimum atomic E-state index is -1.21. The van der Waals surface area contributed by atoms with Gasteiger partial charge in [0.05, 0.1) is 35.6 Å². The Balaban J connectivity index is 0.844. The molecule has 0 heterocycles. The summed E-state index contributed by atoms with van der Waals surface area (Å²) < 4.78 is 22.2. The Morgan fingerprint density at radius 3 is 1.04 bits per heavy atom. The van der Waals surface area contributed by atoms with E-state index in [0.29, 0.717) is 25.7 Å². The molecular formula is C70H76N8O14. The zero-order valence-corrected chi connectivity index (χ0v) is 52.2. The van der Waals surface area contributed by atoms with Crippen LogP contribution < -0.4 is 42.5 Å². The number of ether oxygens (including phenoxy) is 4. The molecule has 6 aromatic rings. The third kappa shape index (κ3) is 16.7. The van der Waals surface area contributed by atoms with E-state index in [9.17, 15) is 47.9 Å². The first-order chi connectivity index (χ1) is 44.0. The molecule has 8 amide bonds. The zero-order valence-electron chi connectivity index (χ0n) is 52.2. The van der Waals surface area contributed by atoms with E-state index in [-0.39, 0.29) is 84.6 Å². The highest BCUT2D eigenvalue weighted by Gasteiger charge is 2.36. The van der Waals surface area contributed by atoms with Gasteiger partial charge in [-0.05, 0) is 137 Å². The molecule has 9 rings (SSSR count). The molecule has 3 aliphatic carbocycles. The molecule has 3 aliphatic rings. The molecule has 480 valence electrons. The number of unbranched alkanes of at least 4 members (excludes halogenated alkanes) is 2. The third-order valence-electron chi connectivity index (χ3n) is 15.6. The first-order valence-corrected chi connectivity index (χ1v) is 30.7. The van der Waals surface area contributed by atoms with Crippen LogP contribution in [0.3, 0.4) is 0 Å². The number of fused-ring (bicyclic) bond motifs is 8. The van der Waals surface area contributed by atoms with Gasteiger partial charge in [-0.1, -0.05) is 121 Å². The molecular weight excluding hydrogens is 1180 g/mol. The highest BCUT2D eigenvalue weighted by atomic mass is 16.6. The van der Waals surface area contributed by atoms with E-state index in [1.807, 2.05) is 97.1 Å². The molecule has 0 bridgehead atoms. The van der Waals surface area contributed by atoms with E-state index in [0.717, 1.165) is 44.5 Å². The summed E-state index contributed by atoms with van der Waals surface area (Å²) in [5.74, 6) is -4.96. The number of alkyl carbamates (subject to hydrolysis) is 4. The van der Waals surface area contributed by atoms with E-state index >= 15 is 0 Å². The molecule has 8 N–H and O–H groups in total.